The second-order valence-corrected chi connectivity index (χ2v) is 5.48. The van der Waals surface area contributed by atoms with Gasteiger partial charge in [-0.2, -0.15) is 0 Å². The summed E-state index contributed by atoms with van der Waals surface area (Å²) in [5, 5.41) is 1.62. The first-order valence-corrected chi connectivity index (χ1v) is 7.27. The summed E-state index contributed by atoms with van der Waals surface area (Å²) in [7, 11) is 0. The van der Waals surface area contributed by atoms with Crippen molar-refractivity contribution in [2.75, 3.05) is 0 Å². The minimum absolute atomic E-state index is 0.298. The molecule has 0 saturated heterocycles. The standard InChI is InChI=1S/C13H7BrCl3F/c14-6-7-1-2-9(12(18)3-7)10-4-8(15)5-11(16)13(10)17/h1-5H,6H2. The smallest absolute Gasteiger partial charge is 0.131 e. The van der Waals surface area contributed by atoms with Crippen LogP contribution in [-0.4, -0.2) is 0 Å². The van der Waals surface area contributed by atoms with E-state index in [1.807, 2.05) is 6.07 Å². The van der Waals surface area contributed by atoms with E-state index in [-0.39, 0.29) is 5.82 Å². The summed E-state index contributed by atoms with van der Waals surface area (Å²) < 4.78 is 14.0. The van der Waals surface area contributed by atoms with Gasteiger partial charge in [0, 0.05) is 21.5 Å². The van der Waals surface area contributed by atoms with Crippen LogP contribution in [0.2, 0.25) is 15.1 Å². The number of alkyl halides is 1. The van der Waals surface area contributed by atoms with Crippen LogP contribution < -0.4 is 0 Å². The lowest BCUT2D eigenvalue weighted by atomic mass is 10.0. The molecule has 2 aromatic rings. The maximum Gasteiger partial charge on any atom is 0.131 e. The zero-order valence-electron chi connectivity index (χ0n) is 8.98. The molecule has 0 amide bonds. The first kappa shape index (κ1) is 14.1. The summed E-state index contributed by atoms with van der Waals surface area (Å²) >= 11 is 21.2. The van der Waals surface area contributed by atoms with Crippen molar-refractivity contribution < 1.29 is 4.39 Å². The summed E-state index contributed by atoms with van der Waals surface area (Å²) in [5.74, 6) is -0.354. The largest absolute Gasteiger partial charge is 0.206 e. The third kappa shape index (κ3) is 2.83. The molecule has 0 fully saturated rings. The number of halogens is 5. The van der Waals surface area contributed by atoms with E-state index < -0.39 is 0 Å². The molecule has 0 spiro atoms. The van der Waals surface area contributed by atoms with Crippen LogP contribution in [0.5, 0.6) is 0 Å². The fourth-order valence-electron chi connectivity index (χ4n) is 1.61. The molecule has 0 aliphatic rings. The van der Waals surface area contributed by atoms with Crippen LogP contribution in [0.1, 0.15) is 5.56 Å². The molecule has 0 saturated carbocycles. The van der Waals surface area contributed by atoms with Crippen molar-refractivity contribution in [1.82, 2.24) is 0 Å². The van der Waals surface area contributed by atoms with Gasteiger partial charge in [0.1, 0.15) is 5.82 Å². The number of rotatable bonds is 2. The van der Waals surface area contributed by atoms with Gasteiger partial charge in [-0.05, 0) is 23.8 Å². The number of benzene rings is 2. The van der Waals surface area contributed by atoms with Crippen LogP contribution in [0.4, 0.5) is 4.39 Å². The van der Waals surface area contributed by atoms with Crippen LogP contribution in [0.3, 0.4) is 0 Å². The van der Waals surface area contributed by atoms with E-state index in [2.05, 4.69) is 15.9 Å². The average Bonchev–Trinajstić information content (AvgIpc) is 2.34. The predicted molar refractivity (Wildman–Crippen MR) is 79.5 cm³/mol. The quantitative estimate of drug-likeness (QED) is 0.428. The summed E-state index contributed by atoms with van der Waals surface area (Å²) in [5.41, 5.74) is 1.72. The Morgan fingerprint density at radius 1 is 1.00 bits per heavy atom. The lowest BCUT2D eigenvalue weighted by Gasteiger charge is -2.09. The van der Waals surface area contributed by atoms with Crippen molar-refractivity contribution in [1.29, 1.82) is 0 Å². The van der Waals surface area contributed by atoms with Gasteiger partial charge in [-0.1, -0.05) is 62.9 Å². The molecule has 0 radical (unpaired) electrons. The molecule has 2 rings (SSSR count). The maximum atomic E-state index is 14.0. The Bertz CT molecular complexity index is 599. The van der Waals surface area contributed by atoms with Crippen molar-refractivity contribution in [3.8, 4) is 11.1 Å². The number of hydrogen-bond donors (Lipinski definition) is 0. The van der Waals surface area contributed by atoms with Crippen LogP contribution in [0.15, 0.2) is 30.3 Å². The van der Waals surface area contributed by atoms with E-state index in [1.165, 1.54) is 12.1 Å². The molecule has 0 atom stereocenters. The van der Waals surface area contributed by atoms with Gasteiger partial charge >= 0.3 is 0 Å². The summed E-state index contributed by atoms with van der Waals surface area (Å²) in [6.45, 7) is 0. The fourth-order valence-corrected chi connectivity index (χ4v) is 2.67. The van der Waals surface area contributed by atoms with Crippen molar-refractivity contribution >= 4 is 50.7 Å². The van der Waals surface area contributed by atoms with E-state index in [1.54, 1.807) is 12.1 Å². The van der Waals surface area contributed by atoms with E-state index in [0.29, 0.717) is 31.5 Å². The molecule has 0 bridgehead atoms. The van der Waals surface area contributed by atoms with E-state index in [9.17, 15) is 4.39 Å². The van der Waals surface area contributed by atoms with Crippen LogP contribution in [-0.2, 0) is 5.33 Å². The summed E-state index contributed by atoms with van der Waals surface area (Å²) in [6, 6.07) is 8.06. The van der Waals surface area contributed by atoms with Gasteiger partial charge < -0.3 is 0 Å². The lowest BCUT2D eigenvalue weighted by molar-refractivity contribution is 0.630. The molecular formula is C13H7BrCl3F. The van der Waals surface area contributed by atoms with Gasteiger partial charge in [0.25, 0.3) is 0 Å². The van der Waals surface area contributed by atoms with Crippen LogP contribution in [0, 0.1) is 5.82 Å². The summed E-state index contributed by atoms with van der Waals surface area (Å²) in [6.07, 6.45) is 0. The van der Waals surface area contributed by atoms with E-state index in [4.69, 9.17) is 34.8 Å². The first-order valence-electron chi connectivity index (χ1n) is 5.02. The minimum atomic E-state index is -0.354. The van der Waals surface area contributed by atoms with E-state index in [0.717, 1.165) is 5.56 Å². The van der Waals surface area contributed by atoms with Gasteiger partial charge in [0.2, 0.25) is 0 Å². The predicted octanol–water partition coefficient (Wildman–Crippen LogP) is 6.35. The minimum Gasteiger partial charge on any atom is -0.206 e. The molecule has 0 aliphatic carbocycles. The highest BCUT2D eigenvalue weighted by Crippen LogP contribution is 2.37. The first-order chi connectivity index (χ1) is 8.52. The van der Waals surface area contributed by atoms with Gasteiger partial charge in [-0.25, -0.2) is 4.39 Å². The van der Waals surface area contributed by atoms with Gasteiger partial charge in [0.05, 0.1) is 10.0 Å². The SMILES string of the molecule is Fc1cc(CBr)ccc1-c1cc(Cl)cc(Cl)c1Cl. The highest BCUT2D eigenvalue weighted by atomic mass is 79.9. The van der Waals surface area contributed by atoms with E-state index >= 15 is 0 Å². The second-order valence-electron chi connectivity index (χ2n) is 3.70. The second kappa shape index (κ2) is 5.79. The highest BCUT2D eigenvalue weighted by Gasteiger charge is 2.13. The molecule has 0 N–H and O–H groups in total. The monoisotopic (exact) mass is 366 g/mol. The zero-order chi connectivity index (χ0) is 13.3. The molecule has 0 heterocycles. The van der Waals surface area contributed by atoms with Crippen LogP contribution >= 0.6 is 50.7 Å². The Morgan fingerprint density at radius 2 is 1.72 bits per heavy atom. The highest BCUT2D eigenvalue weighted by molar-refractivity contribution is 9.08. The molecular weight excluding hydrogens is 361 g/mol. The Hall–Kier alpha value is -0.280. The zero-order valence-corrected chi connectivity index (χ0v) is 12.8. The van der Waals surface area contributed by atoms with Gasteiger partial charge in [0.15, 0.2) is 0 Å². The molecule has 5 heteroatoms. The average molecular weight is 368 g/mol. The molecule has 2 aromatic carbocycles. The van der Waals surface area contributed by atoms with Gasteiger partial charge in [-0.3, -0.25) is 0 Å². The topological polar surface area (TPSA) is 0 Å². The number of hydrogen-bond acceptors (Lipinski definition) is 0. The lowest BCUT2D eigenvalue weighted by Crippen LogP contribution is -1.89. The van der Waals surface area contributed by atoms with Crippen molar-refractivity contribution in [3.63, 3.8) is 0 Å². The van der Waals surface area contributed by atoms with Crippen LogP contribution in [0.25, 0.3) is 11.1 Å². The Morgan fingerprint density at radius 3 is 2.33 bits per heavy atom. The molecule has 0 nitrogen and oxygen atoms in total. The normalized spacial score (nSPS) is 10.7. The molecule has 0 unspecified atom stereocenters. The van der Waals surface area contributed by atoms with Crippen molar-refractivity contribution in [2.45, 2.75) is 5.33 Å². The van der Waals surface area contributed by atoms with Gasteiger partial charge in [-0.15, -0.1) is 0 Å². The molecule has 94 valence electrons. The molecule has 0 aliphatic heterocycles. The molecule has 18 heavy (non-hydrogen) atoms. The fraction of sp³-hybridized carbons (Fsp3) is 0.0769. The molecule has 0 aromatic heterocycles. The summed E-state index contributed by atoms with van der Waals surface area (Å²) in [4.78, 5) is 0. The van der Waals surface area contributed by atoms with Crippen molar-refractivity contribution in [2.24, 2.45) is 0 Å². The maximum absolute atomic E-state index is 14.0. The third-order valence-corrected chi connectivity index (χ3v) is 4.14. The Labute approximate surface area is 128 Å². The van der Waals surface area contributed by atoms with Crippen molar-refractivity contribution in [3.05, 3.63) is 56.8 Å². The Kier molecular flexibility index (Phi) is 4.54. The Balaban J connectivity index is 2.62. The third-order valence-electron chi connectivity index (χ3n) is 2.47.